The minimum Gasteiger partial charge on any atom is -0.478 e. The fourth-order valence-corrected chi connectivity index (χ4v) is 2.82. The number of unbranched alkanes of at least 4 members (excludes halogenated alkanes) is 9. The molecule has 0 fully saturated rings. The van der Waals surface area contributed by atoms with Crippen LogP contribution in [0.25, 0.3) is 0 Å². The van der Waals surface area contributed by atoms with Gasteiger partial charge in [-0.15, -0.1) is 0 Å². The monoisotopic (exact) mass is 349 g/mol. The normalized spacial score (nSPS) is 10.6. The van der Waals surface area contributed by atoms with Gasteiger partial charge in [0.25, 0.3) is 0 Å². The number of hydrogen-bond acceptors (Lipinski definition) is 3. The molecule has 0 aliphatic rings. The standard InChI is InChI=1S/C20H31NO4/c1-2-3-4-5-6-7-8-9-10-11-12-21-18-14-16(19(22)23)13-17(15-18)20(24)25/h13-15,21H,2-12H2,1H3,(H,22,23)(H,24,25). The van der Waals surface area contributed by atoms with E-state index in [1.165, 1.54) is 69.6 Å². The van der Waals surface area contributed by atoms with Crippen LogP contribution in [0.5, 0.6) is 0 Å². The van der Waals surface area contributed by atoms with E-state index in [0.717, 1.165) is 19.4 Å². The van der Waals surface area contributed by atoms with E-state index in [1.54, 1.807) is 0 Å². The van der Waals surface area contributed by atoms with Crippen molar-refractivity contribution in [1.29, 1.82) is 0 Å². The van der Waals surface area contributed by atoms with Gasteiger partial charge in [0.1, 0.15) is 0 Å². The molecule has 0 aromatic heterocycles. The summed E-state index contributed by atoms with van der Waals surface area (Å²) >= 11 is 0. The summed E-state index contributed by atoms with van der Waals surface area (Å²) in [7, 11) is 0. The van der Waals surface area contributed by atoms with E-state index >= 15 is 0 Å². The van der Waals surface area contributed by atoms with Crippen molar-refractivity contribution in [2.24, 2.45) is 0 Å². The first-order valence-electron chi connectivity index (χ1n) is 9.40. The van der Waals surface area contributed by atoms with Crippen LogP contribution in [-0.2, 0) is 0 Å². The Labute approximate surface area is 150 Å². The van der Waals surface area contributed by atoms with Gasteiger partial charge in [-0.1, -0.05) is 64.7 Å². The molecule has 0 heterocycles. The smallest absolute Gasteiger partial charge is 0.335 e. The van der Waals surface area contributed by atoms with Crippen molar-refractivity contribution in [3.05, 3.63) is 29.3 Å². The molecular weight excluding hydrogens is 318 g/mol. The fourth-order valence-electron chi connectivity index (χ4n) is 2.82. The molecule has 0 saturated heterocycles. The number of nitrogens with one attached hydrogen (secondary N) is 1. The van der Waals surface area contributed by atoms with Crippen LogP contribution in [-0.4, -0.2) is 28.7 Å². The van der Waals surface area contributed by atoms with E-state index in [2.05, 4.69) is 12.2 Å². The molecule has 0 saturated carbocycles. The van der Waals surface area contributed by atoms with Crippen molar-refractivity contribution >= 4 is 17.6 Å². The van der Waals surface area contributed by atoms with Gasteiger partial charge in [0, 0.05) is 12.2 Å². The van der Waals surface area contributed by atoms with E-state index < -0.39 is 11.9 Å². The molecule has 1 rings (SSSR count). The summed E-state index contributed by atoms with van der Waals surface area (Å²) < 4.78 is 0. The molecule has 0 aliphatic heterocycles. The zero-order valence-electron chi connectivity index (χ0n) is 15.2. The van der Waals surface area contributed by atoms with Gasteiger partial charge in [-0.3, -0.25) is 0 Å². The van der Waals surface area contributed by atoms with Crippen molar-refractivity contribution in [3.8, 4) is 0 Å². The van der Waals surface area contributed by atoms with E-state index in [4.69, 9.17) is 10.2 Å². The third kappa shape index (κ3) is 9.13. The quantitative estimate of drug-likeness (QED) is 0.391. The molecule has 140 valence electrons. The molecule has 1 aromatic carbocycles. The molecule has 0 radical (unpaired) electrons. The van der Waals surface area contributed by atoms with Crippen LogP contribution in [0.3, 0.4) is 0 Å². The Hall–Kier alpha value is -2.04. The van der Waals surface area contributed by atoms with E-state index in [0.29, 0.717) is 5.69 Å². The highest BCUT2D eigenvalue weighted by molar-refractivity contribution is 5.95. The van der Waals surface area contributed by atoms with Crippen molar-refractivity contribution < 1.29 is 19.8 Å². The molecule has 0 bridgehead atoms. The van der Waals surface area contributed by atoms with E-state index in [1.807, 2.05) is 0 Å². The number of carbonyl (C=O) groups is 2. The molecule has 0 amide bonds. The zero-order chi connectivity index (χ0) is 18.5. The van der Waals surface area contributed by atoms with Gasteiger partial charge < -0.3 is 15.5 Å². The van der Waals surface area contributed by atoms with Gasteiger partial charge in [0.2, 0.25) is 0 Å². The predicted octanol–water partition coefficient (Wildman–Crippen LogP) is 5.42. The van der Waals surface area contributed by atoms with Gasteiger partial charge >= 0.3 is 11.9 Å². The number of hydrogen-bond donors (Lipinski definition) is 3. The fraction of sp³-hybridized carbons (Fsp3) is 0.600. The Balaban J connectivity index is 2.21. The number of benzene rings is 1. The van der Waals surface area contributed by atoms with Crippen molar-refractivity contribution in [2.75, 3.05) is 11.9 Å². The summed E-state index contributed by atoms with van der Waals surface area (Å²) in [6.45, 7) is 2.95. The summed E-state index contributed by atoms with van der Waals surface area (Å²) in [4.78, 5) is 22.1. The van der Waals surface area contributed by atoms with Crippen molar-refractivity contribution in [2.45, 2.75) is 71.1 Å². The topological polar surface area (TPSA) is 86.6 Å². The Bertz CT molecular complexity index is 510. The molecule has 5 heteroatoms. The van der Waals surface area contributed by atoms with Crippen LogP contribution in [0.15, 0.2) is 18.2 Å². The summed E-state index contributed by atoms with van der Waals surface area (Å²) in [5, 5.41) is 21.2. The second kappa shape index (κ2) is 12.3. The molecule has 0 atom stereocenters. The second-order valence-electron chi connectivity index (χ2n) is 6.52. The highest BCUT2D eigenvalue weighted by Crippen LogP contribution is 2.16. The van der Waals surface area contributed by atoms with Gasteiger partial charge in [-0.05, 0) is 24.6 Å². The van der Waals surface area contributed by atoms with Crippen LogP contribution in [0, 0.1) is 0 Å². The van der Waals surface area contributed by atoms with Crippen molar-refractivity contribution in [3.63, 3.8) is 0 Å². The lowest BCUT2D eigenvalue weighted by atomic mass is 10.1. The number of anilines is 1. The Morgan fingerprint density at radius 1 is 0.760 bits per heavy atom. The van der Waals surface area contributed by atoms with Crippen LogP contribution in [0.2, 0.25) is 0 Å². The molecule has 0 unspecified atom stereocenters. The second-order valence-corrected chi connectivity index (χ2v) is 6.52. The van der Waals surface area contributed by atoms with E-state index in [-0.39, 0.29) is 11.1 Å². The third-order valence-electron chi connectivity index (χ3n) is 4.29. The maximum atomic E-state index is 11.1. The van der Waals surface area contributed by atoms with Gasteiger partial charge in [-0.25, -0.2) is 9.59 Å². The van der Waals surface area contributed by atoms with Gasteiger partial charge in [-0.2, -0.15) is 0 Å². The lowest BCUT2D eigenvalue weighted by Gasteiger charge is -2.09. The summed E-state index contributed by atoms with van der Waals surface area (Å²) in [5.41, 5.74) is 0.532. The van der Waals surface area contributed by atoms with Crippen LogP contribution in [0.4, 0.5) is 5.69 Å². The minimum absolute atomic E-state index is 0.00882. The van der Waals surface area contributed by atoms with Crippen molar-refractivity contribution in [1.82, 2.24) is 0 Å². The average Bonchev–Trinajstić information content (AvgIpc) is 2.59. The van der Waals surface area contributed by atoms with Crippen LogP contribution >= 0.6 is 0 Å². The SMILES string of the molecule is CCCCCCCCCCCCNc1cc(C(=O)O)cc(C(=O)O)c1. The lowest BCUT2D eigenvalue weighted by molar-refractivity contribution is 0.0696. The van der Waals surface area contributed by atoms with Gasteiger partial charge in [0.05, 0.1) is 11.1 Å². The Kier molecular flexibility index (Phi) is 10.4. The first-order chi connectivity index (χ1) is 12.0. The molecule has 0 aliphatic carbocycles. The first-order valence-corrected chi connectivity index (χ1v) is 9.40. The first kappa shape index (κ1) is 21.0. The van der Waals surface area contributed by atoms with Crippen LogP contribution in [0.1, 0.15) is 91.8 Å². The molecule has 25 heavy (non-hydrogen) atoms. The zero-order valence-corrected chi connectivity index (χ0v) is 15.2. The Morgan fingerprint density at radius 3 is 1.64 bits per heavy atom. The molecule has 5 nitrogen and oxygen atoms in total. The largest absolute Gasteiger partial charge is 0.478 e. The predicted molar refractivity (Wildman–Crippen MR) is 101 cm³/mol. The summed E-state index contributed by atoms with van der Waals surface area (Å²) in [6.07, 6.45) is 12.6. The number of carboxylic acids is 2. The lowest BCUT2D eigenvalue weighted by Crippen LogP contribution is -2.07. The summed E-state index contributed by atoms with van der Waals surface area (Å²) in [6, 6.07) is 4.13. The molecule has 0 spiro atoms. The highest BCUT2D eigenvalue weighted by atomic mass is 16.4. The summed E-state index contributed by atoms with van der Waals surface area (Å²) in [5.74, 6) is -2.24. The molecule has 3 N–H and O–H groups in total. The average molecular weight is 349 g/mol. The molecular formula is C20H31NO4. The molecule has 1 aromatic rings. The number of rotatable bonds is 14. The maximum Gasteiger partial charge on any atom is 0.335 e. The number of aromatic carboxylic acids is 2. The minimum atomic E-state index is -1.12. The maximum absolute atomic E-state index is 11.1. The van der Waals surface area contributed by atoms with E-state index in [9.17, 15) is 9.59 Å². The number of carboxylic acid groups (broad SMARTS) is 2. The van der Waals surface area contributed by atoms with Crippen LogP contribution < -0.4 is 5.32 Å². The van der Waals surface area contributed by atoms with Gasteiger partial charge in [0.15, 0.2) is 0 Å². The Morgan fingerprint density at radius 2 is 1.20 bits per heavy atom. The highest BCUT2D eigenvalue weighted by Gasteiger charge is 2.11. The third-order valence-corrected chi connectivity index (χ3v) is 4.29.